The van der Waals surface area contributed by atoms with Crippen LogP contribution in [0.25, 0.3) is 0 Å². The molecule has 100 valence electrons. The molecule has 0 bridgehead atoms. The molecule has 0 unspecified atom stereocenters. The molecule has 7 heteroatoms. The van der Waals surface area contributed by atoms with Gasteiger partial charge in [0.2, 0.25) is 10.0 Å². The van der Waals surface area contributed by atoms with Crippen molar-refractivity contribution < 1.29 is 17.9 Å². The molecular weight excluding hydrogens is 278 g/mol. The second-order valence-electron chi connectivity index (χ2n) is 3.38. The minimum atomic E-state index is -3.69. The molecule has 0 atom stereocenters. The standard InChI is InChI=1S/C11H14ClNO4S/c1-2-17-11(14)7-8-13-18(15,16)10-6-4-3-5-9(10)12/h3-6,13H,2,7-8H2,1H3. The van der Waals surface area contributed by atoms with E-state index in [2.05, 4.69) is 9.46 Å². The van der Waals surface area contributed by atoms with E-state index in [1.807, 2.05) is 0 Å². The van der Waals surface area contributed by atoms with Crippen LogP contribution >= 0.6 is 11.6 Å². The summed E-state index contributed by atoms with van der Waals surface area (Å²) in [5, 5.41) is 0.140. The molecule has 1 rings (SSSR count). The summed E-state index contributed by atoms with van der Waals surface area (Å²) in [6.07, 6.45) is -0.0163. The molecule has 0 amide bonds. The fraction of sp³-hybridized carbons (Fsp3) is 0.364. The van der Waals surface area contributed by atoms with Crippen LogP contribution in [0.5, 0.6) is 0 Å². The molecule has 0 fully saturated rings. The van der Waals surface area contributed by atoms with Crippen molar-refractivity contribution in [3.8, 4) is 0 Å². The fourth-order valence-corrected chi connectivity index (χ4v) is 2.81. The van der Waals surface area contributed by atoms with Gasteiger partial charge in [0.15, 0.2) is 0 Å². The predicted octanol–water partition coefficient (Wildman–Crippen LogP) is 1.57. The van der Waals surface area contributed by atoms with Crippen molar-refractivity contribution in [3.05, 3.63) is 29.3 Å². The van der Waals surface area contributed by atoms with Crippen LogP contribution in [0.1, 0.15) is 13.3 Å². The van der Waals surface area contributed by atoms with Gasteiger partial charge in [-0.15, -0.1) is 0 Å². The van der Waals surface area contributed by atoms with Crippen molar-refractivity contribution in [2.45, 2.75) is 18.2 Å². The fourth-order valence-electron chi connectivity index (χ4n) is 1.26. The highest BCUT2D eigenvalue weighted by Gasteiger charge is 2.17. The summed E-state index contributed by atoms with van der Waals surface area (Å²) in [6.45, 7) is 1.94. The minimum Gasteiger partial charge on any atom is -0.466 e. The zero-order valence-corrected chi connectivity index (χ0v) is 11.4. The van der Waals surface area contributed by atoms with Gasteiger partial charge in [-0.05, 0) is 19.1 Å². The number of carbonyl (C=O) groups excluding carboxylic acids is 1. The minimum absolute atomic E-state index is 0.00414. The van der Waals surface area contributed by atoms with E-state index in [-0.39, 0.29) is 29.5 Å². The predicted molar refractivity (Wildman–Crippen MR) is 67.9 cm³/mol. The third-order valence-electron chi connectivity index (χ3n) is 2.05. The number of esters is 1. The Bertz CT molecular complexity index is 516. The van der Waals surface area contributed by atoms with Gasteiger partial charge in [-0.25, -0.2) is 13.1 Å². The normalized spacial score (nSPS) is 11.2. The third-order valence-corrected chi connectivity index (χ3v) is 4.01. The van der Waals surface area contributed by atoms with Gasteiger partial charge in [0.05, 0.1) is 18.1 Å². The van der Waals surface area contributed by atoms with Gasteiger partial charge >= 0.3 is 5.97 Å². The van der Waals surface area contributed by atoms with Crippen molar-refractivity contribution in [1.82, 2.24) is 4.72 Å². The molecule has 0 aliphatic heterocycles. The third kappa shape index (κ3) is 4.29. The van der Waals surface area contributed by atoms with Gasteiger partial charge in [0, 0.05) is 6.54 Å². The van der Waals surface area contributed by atoms with Crippen LogP contribution < -0.4 is 4.72 Å². The second-order valence-corrected chi connectivity index (χ2v) is 5.53. The molecule has 5 nitrogen and oxygen atoms in total. The van der Waals surface area contributed by atoms with E-state index in [0.29, 0.717) is 0 Å². The Morgan fingerprint density at radius 2 is 2.06 bits per heavy atom. The summed E-state index contributed by atoms with van der Waals surface area (Å²) in [6, 6.07) is 6.10. The van der Waals surface area contributed by atoms with E-state index < -0.39 is 16.0 Å². The van der Waals surface area contributed by atoms with Crippen LogP contribution in [0.2, 0.25) is 5.02 Å². The van der Waals surface area contributed by atoms with Crippen LogP contribution in [-0.2, 0) is 19.6 Å². The first-order valence-corrected chi connectivity index (χ1v) is 7.23. The molecule has 0 radical (unpaired) electrons. The maximum atomic E-state index is 11.8. The number of carbonyl (C=O) groups is 1. The number of hydrogen-bond acceptors (Lipinski definition) is 4. The molecular formula is C11H14ClNO4S. The van der Waals surface area contributed by atoms with Crippen molar-refractivity contribution in [1.29, 1.82) is 0 Å². The zero-order chi connectivity index (χ0) is 13.6. The zero-order valence-electron chi connectivity index (χ0n) is 9.85. The van der Waals surface area contributed by atoms with Crippen LogP contribution in [0.3, 0.4) is 0 Å². The molecule has 1 N–H and O–H groups in total. The average Bonchev–Trinajstić information content (AvgIpc) is 2.29. The molecule has 1 aromatic carbocycles. The molecule has 0 saturated carbocycles. The number of benzene rings is 1. The lowest BCUT2D eigenvalue weighted by molar-refractivity contribution is -0.142. The van der Waals surface area contributed by atoms with E-state index in [9.17, 15) is 13.2 Å². The molecule has 0 saturated heterocycles. The topological polar surface area (TPSA) is 72.5 Å². The van der Waals surface area contributed by atoms with Crippen molar-refractivity contribution >= 4 is 27.6 Å². The lowest BCUT2D eigenvalue weighted by Crippen LogP contribution is -2.27. The van der Waals surface area contributed by atoms with Gasteiger partial charge in [-0.3, -0.25) is 4.79 Å². The molecule has 1 aromatic rings. The number of sulfonamides is 1. The van der Waals surface area contributed by atoms with Crippen LogP contribution in [0.15, 0.2) is 29.2 Å². The van der Waals surface area contributed by atoms with E-state index >= 15 is 0 Å². The number of rotatable bonds is 6. The molecule has 0 spiro atoms. The van der Waals surface area contributed by atoms with Crippen LogP contribution in [0, 0.1) is 0 Å². The summed E-state index contributed by atoms with van der Waals surface area (Å²) in [5.41, 5.74) is 0. The summed E-state index contributed by atoms with van der Waals surface area (Å²) in [4.78, 5) is 11.0. The van der Waals surface area contributed by atoms with Crippen molar-refractivity contribution in [3.63, 3.8) is 0 Å². The second kappa shape index (κ2) is 6.72. The van der Waals surface area contributed by atoms with E-state index in [1.54, 1.807) is 19.1 Å². The summed E-state index contributed by atoms with van der Waals surface area (Å²) in [7, 11) is -3.69. The maximum absolute atomic E-state index is 11.8. The number of halogens is 1. The Morgan fingerprint density at radius 3 is 2.67 bits per heavy atom. The van der Waals surface area contributed by atoms with E-state index in [0.717, 1.165) is 0 Å². The Labute approximate surface area is 111 Å². The van der Waals surface area contributed by atoms with E-state index in [4.69, 9.17) is 11.6 Å². The lowest BCUT2D eigenvalue weighted by atomic mass is 10.4. The number of nitrogens with one attached hydrogen (secondary N) is 1. The molecule has 18 heavy (non-hydrogen) atoms. The lowest BCUT2D eigenvalue weighted by Gasteiger charge is -2.07. The molecule has 0 aromatic heterocycles. The van der Waals surface area contributed by atoms with E-state index in [1.165, 1.54) is 12.1 Å². The summed E-state index contributed by atoms with van der Waals surface area (Å²) < 4.78 is 30.7. The van der Waals surface area contributed by atoms with Gasteiger partial charge in [0.1, 0.15) is 4.90 Å². The Kier molecular flexibility index (Phi) is 5.58. The first-order chi connectivity index (χ1) is 8.47. The van der Waals surface area contributed by atoms with Gasteiger partial charge in [-0.1, -0.05) is 23.7 Å². The first-order valence-electron chi connectivity index (χ1n) is 5.37. The summed E-state index contributed by atoms with van der Waals surface area (Å²) in [5.74, 6) is -0.445. The first kappa shape index (κ1) is 14.9. The van der Waals surface area contributed by atoms with Gasteiger partial charge < -0.3 is 4.74 Å². The monoisotopic (exact) mass is 291 g/mol. The van der Waals surface area contributed by atoms with Crippen molar-refractivity contribution in [2.24, 2.45) is 0 Å². The largest absolute Gasteiger partial charge is 0.466 e. The van der Waals surface area contributed by atoms with Crippen molar-refractivity contribution in [2.75, 3.05) is 13.2 Å². The van der Waals surface area contributed by atoms with Gasteiger partial charge in [-0.2, -0.15) is 0 Å². The van der Waals surface area contributed by atoms with Crippen LogP contribution in [-0.4, -0.2) is 27.5 Å². The quantitative estimate of drug-likeness (QED) is 0.808. The smallest absolute Gasteiger partial charge is 0.307 e. The average molecular weight is 292 g/mol. The molecule has 0 heterocycles. The SMILES string of the molecule is CCOC(=O)CCNS(=O)(=O)c1ccccc1Cl. The Morgan fingerprint density at radius 1 is 1.39 bits per heavy atom. The van der Waals surface area contributed by atoms with Gasteiger partial charge in [0.25, 0.3) is 0 Å². The number of ether oxygens (including phenoxy) is 1. The molecule has 0 aliphatic carbocycles. The maximum Gasteiger partial charge on any atom is 0.307 e. The highest BCUT2D eigenvalue weighted by Crippen LogP contribution is 2.19. The molecule has 0 aliphatic rings. The Hall–Kier alpha value is -1.11. The Balaban J connectivity index is 2.61. The highest BCUT2D eigenvalue weighted by atomic mass is 35.5. The van der Waals surface area contributed by atoms with Crippen LogP contribution in [0.4, 0.5) is 0 Å². The number of hydrogen-bond donors (Lipinski definition) is 1. The highest BCUT2D eigenvalue weighted by molar-refractivity contribution is 7.89. The summed E-state index contributed by atoms with van der Waals surface area (Å²) >= 11 is 5.79.